The highest BCUT2D eigenvalue weighted by molar-refractivity contribution is 7.12. The molecule has 1 N–H and O–H groups in total. The van der Waals surface area contributed by atoms with E-state index >= 15 is 0 Å². The highest BCUT2D eigenvalue weighted by Crippen LogP contribution is 2.47. The Bertz CT molecular complexity index is 355. The van der Waals surface area contributed by atoms with Crippen LogP contribution in [0, 0.1) is 0 Å². The number of rotatable bonds is 3. The molecule has 0 atom stereocenters. The van der Waals surface area contributed by atoms with Crippen molar-refractivity contribution in [3.8, 4) is 0 Å². The van der Waals surface area contributed by atoms with Crippen molar-refractivity contribution in [3.63, 3.8) is 0 Å². The predicted molar refractivity (Wildman–Crippen MR) is 55.6 cm³/mol. The molecule has 4 heteroatoms. The summed E-state index contributed by atoms with van der Waals surface area (Å²) in [7, 11) is 3.36. The maximum Gasteiger partial charge on any atom is 0.348 e. The summed E-state index contributed by atoms with van der Waals surface area (Å²) in [4.78, 5) is 12.2. The van der Waals surface area contributed by atoms with Crippen molar-refractivity contribution in [2.24, 2.45) is 0 Å². The van der Waals surface area contributed by atoms with Gasteiger partial charge in [-0.1, -0.05) is 0 Å². The van der Waals surface area contributed by atoms with E-state index in [1.807, 2.05) is 18.5 Å². The third-order valence-electron chi connectivity index (χ3n) is 2.78. The summed E-state index contributed by atoms with van der Waals surface area (Å²) in [5, 5.41) is 5.22. The number of methoxy groups -OCH3 is 1. The van der Waals surface area contributed by atoms with E-state index in [0.29, 0.717) is 0 Å². The van der Waals surface area contributed by atoms with Crippen molar-refractivity contribution in [2.45, 2.75) is 18.4 Å². The number of ether oxygens (including phenoxy) is 1. The Labute approximate surface area is 87.1 Å². The van der Waals surface area contributed by atoms with Gasteiger partial charge in [0, 0.05) is 5.54 Å². The smallest absolute Gasteiger partial charge is 0.348 e. The molecule has 1 aliphatic carbocycles. The van der Waals surface area contributed by atoms with Gasteiger partial charge < -0.3 is 10.1 Å². The first-order chi connectivity index (χ1) is 6.73. The molecule has 0 aliphatic heterocycles. The Kier molecular flexibility index (Phi) is 2.33. The first-order valence-corrected chi connectivity index (χ1v) is 5.47. The Morgan fingerprint density at radius 2 is 2.36 bits per heavy atom. The monoisotopic (exact) mass is 211 g/mol. The number of thiophene rings is 1. The molecule has 14 heavy (non-hydrogen) atoms. The lowest BCUT2D eigenvalue weighted by Gasteiger charge is -2.13. The standard InChI is InChI=1S/C10H13NO2S/c1-11-10(4-5-10)7-3-6-14-8(7)9(12)13-2/h3,6,11H,4-5H2,1-2H3. The first-order valence-electron chi connectivity index (χ1n) is 4.59. The molecule has 2 rings (SSSR count). The summed E-state index contributed by atoms with van der Waals surface area (Å²) in [5.41, 5.74) is 1.14. The fourth-order valence-electron chi connectivity index (χ4n) is 1.72. The molecular weight excluding hydrogens is 198 g/mol. The molecule has 0 unspecified atom stereocenters. The topological polar surface area (TPSA) is 38.3 Å². The lowest BCUT2D eigenvalue weighted by atomic mass is 10.1. The Morgan fingerprint density at radius 3 is 2.86 bits per heavy atom. The van der Waals surface area contributed by atoms with Gasteiger partial charge in [0.2, 0.25) is 0 Å². The Hall–Kier alpha value is -0.870. The fourth-order valence-corrected chi connectivity index (χ4v) is 2.63. The molecule has 3 nitrogen and oxygen atoms in total. The number of hydrogen-bond acceptors (Lipinski definition) is 4. The average molecular weight is 211 g/mol. The van der Waals surface area contributed by atoms with E-state index in [2.05, 4.69) is 5.32 Å². The number of esters is 1. The molecule has 1 aromatic rings. The van der Waals surface area contributed by atoms with Crippen molar-refractivity contribution in [2.75, 3.05) is 14.2 Å². The second kappa shape index (κ2) is 3.37. The average Bonchev–Trinajstić information content (AvgIpc) is 2.87. The van der Waals surface area contributed by atoms with Crippen molar-refractivity contribution in [1.82, 2.24) is 5.32 Å². The summed E-state index contributed by atoms with van der Waals surface area (Å²) in [6.45, 7) is 0. The van der Waals surface area contributed by atoms with Gasteiger partial charge in [-0.3, -0.25) is 0 Å². The maximum atomic E-state index is 11.4. The quantitative estimate of drug-likeness (QED) is 0.774. The number of hydrogen-bond donors (Lipinski definition) is 1. The lowest BCUT2D eigenvalue weighted by Crippen LogP contribution is -2.25. The van der Waals surface area contributed by atoms with Crippen molar-refractivity contribution in [1.29, 1.82) is 0 Å². The minimum atomic E-state index is -0.225. The zero-order chi connectivity index (χ0) is 10.2. The van der Waals surface area contributed by atoms with Crippen LogP contribution in [0.5, 0.6) is 0 Å². The van der Waals surface area contributed by atoms with E-state index in [4.69, 9.17) is 4.74 Å². The highest BCUT2D eigenvalue weighted by Gasteiger charge is 2.45. The largest absolute Gasteiger partial charge is 0.465 e. The van der Waals surface area contributed by atoms with E-state index < -0.39 is 0 Å². The maximum absolute atomic E-state index is 11.4. The van der Waals surface area contributed by atoms with Crippen LogP contribution in [0.2, 0.25) is 0 Å². The first kappa shape index (κ1) is 9.68. The molecule has 0 aromatic carbocycles. The molecule has 1 saturated carbocycles. The fraction of sp³-hybridized carbons (Fsp3) is 0.500. The minimum absolute atomic E-state index is 0.0452. The van der Waals surface area contributed by atoms with Gasteiger partial charge >= 0.3 is 5.97 Å². The zero-order valence-electron chi connectivity index (χ0n) is 8.29. The van der Waals surface area contributed by atoms with Gasteiger partial charge in [-0.05, 0) is 36.9 Å². The van der Waals surface area contributed by atoms with Crippen molar-refractivity contribution in [3.05, 3.63) is 21.9 Å². The SMILES string of the molecule is CNC1(c2ccsc2C(=O)OC)CC1. The van der Waals surface area contributed by atoms with Crippen LogP contribution in [0.1, 0.15) is 28.1 Å². The van der Waals surface area contributed by atoms with Crippen LogP contribution in [-0.4, -0.2) is 20.1 Å². The van der Waals surface area contributed by atoms with E-state index in [1.165, 1.54) is 18.4 Å². The van der Waals surface area contributed by atoms with Gasteiger partial charge in [0.1, 0.15) is 4.88 Å². The van der Waals surface area contributed by atoms with Crippen LogP contribution in [0.15, 0.2) is 11.4 Å². The molecule has 1 fully saturated rings. The lowest BCUT2D eigenvalue weighted by molar-refractivity contribution is 0.0604. The molecule has 0 amide bonds. The third-order valence-corrected chi connectivity index (χ3v) is 3.67. The van der Waals surface area contributed by atoms with Crippen molar-refractivity contribution >= 4 is 17.3 Å². The number of carbonyl (C=O) groups is 1. The van der Waals surface area contributed by atoms with Crippen LogP contribution in [0.3, 0.4) is 0 Å². The molecule has 1 aliphatic rings. The van der Waals surface area contributed by atoms with Gasteiger partial charge in [0.25, 0.3) is 0 Å². The van der Waals surface area contributed by atoms with Gasteiger partial charge in [-0.2, -0.15) is 0 Å². The minimum Gasteiger partial charge on any atom is -0.465 e. The second-order valence-electron chi connectivity index (χ2n) is 3.49. The van der Waals surface area contributed by atoms with Crippen LogP contribution < -0.4 is 5.32 Å². The van der Waals surface area contributed by atoms with Gasteiger partial charge in [-0.15, -0.1) is 11.3 Å². The summed E-state index contributed by atoms with van der Waals surface area (Å²) >= 11 is 1.45. The van der Waals surface area contributed by atoms with Gasteiger partial charge in [0.05, 0.1) is 7.11 Å². The number of nitrogens with one attached hydrogen (secondary N) is 1. The van der Waals surface area contributed by atoms with Gasteiger partial charge in [0.15, 0.2) is 0 Å². The molecule has 76 valence electrons. The normalized spacial score (nSPS) is 17.9. The summed E-state index contributed by atoms with van der Waals surface area (Å²) in [6.07, 6.45) is 2.20. The molecule has 0 radical (unpaired) electrons. The molecule has 1 aromatic heterocycles. The molecule has 0 saturated heterocycles. The molecule has 0 bridgehead atoms. The summed E-state index contributed by atoms with van der Waals surface area (Å²) in [5.74, 6) is -0.225. The van der Waals surface area contributed by atoms with E-state index in [0.717, 1.165) is 23.3 Å². The number of carbonyl (C=O) groups excluding carboxylic acids is 1. The van der Waals surface area contributed by atoms with E-state index in [-0.39, 0.29) is 11.5 Å². The summed E-state index contributed by atoms with van der Waals surface area (Å²) < 4.78 is 4.75. The molecule has 1 heterocycles. The molecular formula is C10H13NO2S. The Morgan fingerprint density at radius 1 is 1.64 bits per heavy atom. The van der Waals surface area contributed by atoms with Crippen LogP contribution in [-0.2, 0) is 10.3 Å². The van der Waals surface area contributed by atoms with Gasteiger partial charge in [-0.25, -0.2) is 4.79 Å². The predicted octanol–water partition coefficient (Wildman–Crippen LogP) is 1.74. The van der Waals surface area contributed by atoms with Crippen LogP contribution >= 0.6 is 11.3 Å². The molecule has 0 spiro atoms. The zero-order valence-corrected chi connectivity index (χ0v) is 9.11. The highest BCUT2D eigenvalue weighted by atomic mass is 32.1. The Balaban J connectivity index is 2.35. The van der Waals surface area contributed by atoms with E-state index in [9.17, 15) is 4.79 Å². The second-order valence-corrected chi connectivity index (χ2v) is 4.40. The van der Waals surface area contributed by atoms with Crippen LogP contribution in [0.25, 0.3) is 0 Å². The van der Waals surface area contributed by atoms with Crippen molar-refractivity contribution < 1.29 is 9.53 Å². The van der Waals surface area contributed by atoms with Crippen LogP contribution in [0.4, 0.5) is 0 Å². The van der Waals surface area contributed by atoms with E-state index in [1.54, 1.807) is 0 Å². The summed E-state index contributed by atoms with van der Waals surface area (Å²) in [6, 6.07) is 2.01. The third kappa shape index (κ3) is 1.35.